The fraction of sp³-hybridized carbons (Fsp3) is 0.222. The smallest absolute Gasteiger partial charge is 0.272 e. The monoisotopic (exact) mass is 389 g/mol. The molecule has 3 aromatic rings. The first-order valence-corrected chi connectivity index (χ1v) is 8.58. The number of hydrogen-bond donors (Lipinski definition) is 2. The number of carbonyl (C=O) groups is 1. The maximum absolute atomic E-state index is 14.7. The predicted octanol–water partition coefficient (Wildman–Crippen LogP) is 3.21. The number of methoxy groups -OCH3 is 1. The number of amides is 1. The molecule has 0 atom stereocenters. The third kappa shape index (κ3) is 3.48. The largest absolute Gasteiger partial charge is 0.479 e. The highest BCUT2D eigenvalue weighted by Gasteiger charge is 2.21. The lowest BCUT2D eigenvalue weighted by Crippen LogP contribution is -2.26. The van der Waals surface area contributed by atoms with Crippen LogP contribution >= 0.6 is 11.6 Å². The van der Waals surface area contributed by atoms with Gasteiger partial charge in [0.2, 0.25) is 5.88 Å². The fourth-order valence-corrected chi connectivity index (χ4v) is 2.90. The molecule has 27 heavy (non-hydrogen) atoms. The summed E-state index contributed by atoms with van der Waals surface area (Å²) in [6.07, 6.45) is 2.18. The average molecular weight is 390 g/mol. The molecule has 0 aliphatic rings. The van der Waals surface area contributed by atoms with E-state index in [4.69, 9.17) is 22.1 Å². The second kappa shape index (κ2) is 7.71. The summed E-state index contributed by atoms with van der Waals surface area (Å²) in [5.41, 5.74) is 6.89. The Labute approximate surface area is 159 Å². The molecule has 1 amide bonds. The van der Waals surface area contributed by atoms with Gasteiger partial charge in [0.1, 0.15) is 5.82 Å². The molecule has 0 aliphatic carbocycles. The van der Waals surface area contributed by atoms with Gasteiger partial charge in [0.05, 0.1) is 18.4 Å². The number of nitrogens with two attached hydrogens (primary N) is 1. The van der Waals surface area contributed by atoms with Gasteiger partial charge in [0.25, 0.3) is 5.91 Å². The van der Waals surface area contributed by atoms with E-state index in [0.29, 0.717) is 22.9 Å². The molecule has 0 aliphatic heterocycles. The first kappa shape index (κ1) is 18.8. The molecular formula is C18H17ClFN5O2. The Bertz CT molecular complexity index is 1030. The summed E-state index contributed by atoms with van der Waals surface area (Å²) in [5, 5.41) is 11.2. The fourth-order valence-electron chi connectivity index (χ4n) is 2.75. The van der Waals surface area contributed by atoms with Gasteiger partial charge >= 0.3 is 0 Å². The number of aromatic nitrogens is 3. The lowest BCUT2D eigenvalue weighted by atomic mass is 9.98. The first-order chi connectivity index (χ1) is 13.0. The van der Waals surface area contributed by atoms with E-state index in [9.17, 15) is 9.18 Å². The SMILES string of the molecule is CCCNC(=O)c1ncc2c(-c3cc(Cl)nnc3OC)c(F)ccc2c1N. The van der Waals surface area contributed by atoms with Crippen molar-refractivity contribution in [1.29, 1.82) is 0 Å². The quantitative estimate of drug-likeness (QED) is 0.694. The van der Waals surface area contributed by atoms with Crippen LogP contribution in [0.3, 0.4) is 0 Å². The topological polar surface area (TPSA) is 103 Å². The minimum absolute atomic E-state index is 0.0821. The number of fused-ring (bicyclic) bond motifs is 1. The Morgan fingerprint density at radius 2 is 2.11 bits per heavy atom. The normalized spacial score (nSPS) is 10.8. The molecule has 140 valence electrons. The number of ether oxygens (including phenoxy) is 1. The van der Waals surface area contributed by atoms with E-state index in [-0.39, 0.29) is 33.9 Å². The van der Waals surface area contributed by atoms with Crippen LogP contribution in [-0.4, -0.2) is 34.7 Å². The summed E-state index contributed by atoms with van der Waals surface area (Å²) in [7, 11) is 1.40. The van der Waals surface area contributed by atoms with Gasteiger partial charge in [-0.3, -0.25) is 4.79 Å². The molecule has 0 radical (unpaired) electrons. The molecule has 3 rings (SSSR count). The van der Waals surface area contributed by atoms with Crippen molar-refractivity contribution in [3.8, 4) is 17.0 Å². The van der Waals surface area contributed by atoms with Crippen molar-refractivity contribution in [2.24, 2.45) is 0 Å². The van der Waals surface area contributed by atoms with E-state index >= 15 is 0 Å². The lowest BCUT2D eigenvalue weighted by molar-refractivity contribution is 0.0950. The highest BCUT2D eigenvalue weighted by Crippen LogP contribution is 2.38. The van der Waals surface area contributed by atoms with Gasteiger partial charge in [0.15, 0.2) is 10.8 Å². The van der Waals surface area contributed by atoms with Crippen LogP contribution in [0.5, 0.6) is 5.88 Å². The molecule has 0 unspecified atom stereocenters. The number of pyridine rings is 1. The molecule has 0 saturated carbocycles. The molecule has 2 aromatic heterocycles. The summed E-state index contributed by atoms with van der Waals surface area (Å²) in [4.78, 5) is 16.4. The number of nitrogens with zero attached hydrogens (tertiary/aromatic N) is 3. The zero-order valence-corrected chi connectivity index (χ0v) is 15.5. The molecule has 1 aromatic carbocycles. The van der Waals surface area contributed by atoms with Crippen molar-refractivity contribution in [2.75, 3.05) is 19.4 Å². The van der Waals surface area contributed by atoms with Crippen molar-refractivity contribution in [3.63, 3.8) is 0 Å². The third-order valence-electron chi connectivity index (χ3n) is 4.01. The van der Waals surface area contributed by atoms with E-state index in [1.165, 1.54) is 31.5 Å². The molecule has 3 N–H and O–H groups in total. The summed E-state index contributed by atoms with van der Waals surface area (Å²) < 4.78 is 19.9. The Hall–Kier alpha value is -3.00. The summed E-state index contributed by atoms with van der Waals surface area (Å²) in [5.74, 6) is -0.809. The number of nitrogens with one attached hydrogen (secondary N) is 1. The van der Waals surface area contributed by atoms with Crippen LogP contribution in [0.15, 0.2) is 24.4 Å². The minimum atomic E-state index is -0.533. The highest BCUT2D eigenvalue weighted by atomic mass is 35.5. The third-order valence-corrected chi connectivity index (χ3v) is 4.19. The highest BCUT2D eigenvalue weighted by molar-refractivity contribution is 6.29. The maximum Gasteiger partial charge on any atom is 0.272 e. The Morgan fingerprint density at radius 3 is 2.81 bits per heavy atom. The molecule has 2 heterocycles. The molecule has 0 spiro atoms. The summed E-state index contributed by atoms with van der Waals surface area (Å²) >= 11 is 5.93. The van der Waals surface area contributed by atoms with Crippen LogP contribution in [0.2, 0.25) is 5.15 Å². The minimum Gasteiger partial charge on any atom is -0.479 e. The van der Waals surface area contributed by atoms with E-state index in [0.717, 1.165) is 6.42 Å². The van der Waals surface area contributed by atoms with Crippen LogP contribution in [0, 0.1) is 5.82 Å². The van der Waals surface area contributed by atoms with Crippen molar-refractivity contribution in [1.82, 2.24) is 20.5 Å². The van der Waals surface area contributed by atoms with Gasteiger partial charge in [-0.05, 0) is 24.6 Å². The van der Waals surface area contributed by atoms with Crippen LogP contribution < -0.4 is 15.8 Å². The van der Waals surface area contributed by atoms with Crippen molar-refractivity contribution in [3.05, 3.63) is 41.1 Å². The summed E-state index contributed by atoms with van der Waals surface area (Å²) in [6, 6.07) is 4.21. The van der Waals surface area contributed by atoms with Crippen LogP contribution in [0.1, 0.15) is 23.8 Å². The van der Waals surface area contributed by atoms with Gasteiger partial charge < -0.3 is 15.8 Å². The predicted molar refractivity (Wildman–Crippen MR) is 101 cm³/mol. The Morgan fingerprint density at radius 1 is 1.33 bits per heavy atom. The lowest BCUT2D eigenvalue weighted by Gasteiger charge is -2.14. The second-order valence-electron chi connectivity index (χ2n) is 5.75. The molecule has 9 heteroatoms. The standard InChI is InChI=1S/C18H17ClFN5O2/c1-3-6-22-17(26)16-15(21)9-4-5-12(20)14(11(9)8-23-16)10-7-13(19)24-25-18(10)27-2/h4-5,7-8H,3,6,21H2,1-2H3,(H,22,26). The number of carbonyl (C=O) groups excluding carboxylic acids is 1. The van der Waals surface area contributed by atoms with E-state index < -0.39 is 5.82 Å². The van der Waals surface area contributed by atoms with Crippen molar-refractivity contribution >= 4 is 34.0 Å². The average Bonchev–Trinajstić information content (AvgIpc) is 2.66. The zero-order chi connectivity index (χ0) is 19.6. The van der Waals surface area contributed by atoms with Gasteiger partial charge in [-0.25, -0.2) is 9.37 Å². The zero-order valence-electron chi connectivity index (χ0n) is 14.7. The summed E-state index contributed by atoms with van der Waals surface area (Å²) in [6.45, 7) is 2.44. The molecular weight excluding hydrogens is 373 g/mol. The van der Waals surface area contributed by atoms with E-state index in [1.54, 1.807) is 0 Å². The maximum atomic E-state index is 14.7. The van der Waals surface area contributed by atoms with Crippen molar-refractivity contribution < 1.29 is 13.9 Å². The first-order valence-electron chi connectivity index (χ1n) is 8.20. The van der Waals surface area contributed by atoms with Gasteiger partial charge in [-0.15, -0.1) is 10.2 Å². The molecule has 7 nitrogen and oxygen atoms in total. The Balaban J connectivity index is 2.24. The van der Waals surface area contributed by atoms with Crippen LogP contribution in [0.4, 0.5) is 10.1 Å². The Kier molecular flexibility index (Phi) is 5.36. The number of halogens is 2. The number of anilines is 1. The number of rotatable bonds is 5. The number of benzene rings is 1. The van der Waals surface area contributed by atoms with Crippen LogP contribution in [-0.2, 0) is 0 Å². The van der Waals surface area contributed by atoms with Gasteiger partial charge in [-0.1, -0.05) is 18.5 Å². The molecule has 0 fully saturated rings. The van der Waals surface area contributed by atoms with Crippen LogP contribution in [0.25, 0.3) is 21.9 Å². The van der Waals surface area contributed by atoms with E-state index in [1.807, 2.05) is 6.92 Å². The van der Waals surface area contributed by atoms with Gasteiger partial charge in [0, 0.05) is 29.1 Å². The van der Waals surface area contributed by atoms with Crippen molar-refractivity contribution in [2.45, 2.75) is 13.3 Å². The van der Waals surface area contributed by atoms with Gasteiger partial charge in [-0.2, -0.15) is 0 Å². The number of nitrogen functional groups attached to an aromatic ring is 1. The second-order valence-corrected chi connectivity index (χ2v) is 6.14. The molecule has 0 bridgehead atoms. The number of hydrogen-bond acceptors (Lipinski definition) is 6. The van der Waals surface area contributed by atoms with E-state index in [2.05, 4.69) is 20.5 Å². The molecule has 0 saturated heterocycles.